The van der Waals surface area contributed by atoms with Crippen LogP contribution in [0, 0.1) is 0 Å². The van der Waals surface area contributed by atoms with E-state index in [2.05, 4.69) is 14.2 Å². The molecule has 106 valence electrons. The Morgan fingerprint density at radius 2 is 2.00 bits per heavy atom. The maximum Gasteiger partial charge on any atom is 0.329 e. The number of carbonyl (C=O) groups excluding carboxylic acids is 1. The minimum atomic E-state index is -3.47. The van der Waals surface area contributed by atoms with Crippen LogP contribution in [0.3, 0.4) is 0 Å². The van der Waals surface area contributed by atoms with E-state index in [1.165, 1.54) is 7.11 Å². The molecule has 0 fully saturated rings. The monoisotopic (exact) mass is 283 g/mol. The third kappa shape index (κ3) is 10.00. The van der Waals surface area contributed by atoms with Crippen molar-refractivity contribution in [1.29, 1.82) is 0 Å². The lowest BCUT2D eigenvalue weighted by Gasteiger charge is -2.06. The number of methoxy groups -OCH3 is 1. The lowest BCUT2D eigenvalue weighted by Crippen LogP contribution is -2.30. The van der Waals surface area contributed by atoms with Gasteiger partial charge in [0.2, 0.25) is 10.0 Å². The second-order valence-corrected chi connectivity index (χ2v) is 5.27. The predicted octanol–water partition coefficient (Wildman–Crippen LogP) is -1.04. The quantitative estimate of drug-likeness (QED) is 0.388. The Balaban J connectivity index is 3.67. The number of rotatable bonds is 10. The average molecular weight is 283 g/mol. The highest BCUT2D eigenvalue weighted by molar-refractivity contribution is 7.89. The number of hydrogen-bond acceptors (Lipinski definition) is 6. The number of carboxylic acid groups (broad SMARTS) is 1. The Kier molecular flexibility index (Phi) is 8.25. The van der Waals surface area contributed by atoms with Gasteiger partial charge in [-0.1, -0.05) is 0 Å². The summed E-state index contributed by atoms with van der Waals surface area (Å²) in [5.41, 5.74) is 0. The van der Waals surface area contributed by atoms with Crippen LogP contribution in [0.4, 0.5) is 0 Å². The van der Waals surface area contributed by atoms with E-state index in [0.29, 0.717) is 0 Å². The first kappa shape index (κ1) is 16.8. The highest BCUT2D eigenvalue weighted by atomic mass is 32.2. The zero-order chi connectivity index (χ0) is 14.0. The SMILES string of the molecule is COC(=O)CCCS(=O)(=O)NCCOCC(=O)O. The molecule has 0 aliphatic carbocycles. The lowest BCUT2D eigenvalue weighted by atomic mass is 10.3. The molecular formula is C9H17NO7S. The highest BCUT2D eigenvalue weighted by Gasteiger charge is 2.11. The fraction of sp³-hybridized carbons (Fsp3) is 0.778. The summed E-state index contributed by atoms with van der Waals surface area (Å²) in [6.07, 6.45) is 0.199. The largest absolute Gasteiger partial charge is 0.480 e. The van der Waals surface area contributed by atoms with Crippen LogP contribution in [-0.4, -0.2) is 58.1 Å². The second-order valence-electron chi connectivity index (χ2n) is 3.34. The Hall–Kier alpha value is -1.19. The van der Waals surface area contributed by atoms with Crippen LogP contribution < -0.4 is 4.72 Å². The van der Waals surface area contributed by atoms with Crippen LogP contribution in [0.1, 0.15) is 12.8 Å². The van der Waals surface area contributed by atoms with Crippen LogP contribution in [0.5, 0.6) is 0 Å². The zero-order valence-corrected chi connectivity index (χ0v) is 10.9. The molecule has 0 radical (unpaired) electrons. The first-order chi connectivity index (χ1) is 8.37. The minimum Gasteiger partial charge on any atom is -0.480 e. The van der Waals surface area contributed by atoms with Crippen LogP contribution in [0.25, 0.3) is 0 Å². The van der Waals surface area contributed by atoms with Crippen molar-refractivity contribution in [1.82, 2.24) is 4.72 Å². The van der Waals surface area contributed by atoms with Gasteiger partial charge in [-0.3, -0.25) is 4.79 Å². The van der Waals surface area contributed by atoms with Gasteiger partial charge in [-0.05, 0) is 6.42 Å². The van der Waals surface area contributed by atoms with Crippen molar-refractivity contribution in [3.8, 4) is 0 Å². The number of carboxylic acids is 1. The lowest BCUT2D eigenvalue weighted by molar-refractivity contribution is -0.142. The fourth-order valence-electron chi connectivity index (χ4n) is 1.01. The van der Waals surface area contributed by atoms with Crippen LogP contribution in [-0.2, 0) is 29.1 Å². The summed E-state index contributed by atoms with van der Waals surface area (Å²) >= 11 is 0. The van der Waals surface area contributed by atoms with Gasteiger partial charge in [0.25, 0.3) is 0 Å². The molecule has 0 spiro atoms. The molecule has 0 saturated carbocycles. The molecule has 9 heteroatoms. The number of carbonyl (C=O) groups is 2. The summed E-state index contributed by atoms with van der Waals surface area (Å²) in [4.78, 5) is 20.8. The number of esters is 1. The molecule has 0 aliphatic rings. The molecule has 18 heavy (non-hydrogen) atoms. The van der Waals surface area contributed by atoms with Gasteiger partial charge < -0.3 is 14.6 Å². The van der Waals surface area contributed by atoms with Crippen molar-refractivity contribution >= 4 is 22.0 Å². The number of sulfonamides is 1. The van der Waals surface area contributed by atoms with Crippen LogP contribution in [0.15, 0.2) is 0 Å². The van der Waals surface area contributed by atoms with E-state index < -0.39 is 28.6 Å². The third-order valence-corrected chi connectivity index (χ3v) is 3.29. The molecule has 0 aromatic rings. The number of ether oxygens (including phenoxy) is 2. The van der Waals surface area contributed by atoms with Crippen molar-refractivity contribution in [2.24, 2.45) is 0 Å². The van der Waals surface area contributed by atoms with E-state index in [4.69, 9.17) is 5.11 Å². The minimum absolute atomic E-state index is 0.00611. The van der Waals surface area contributed by atoms with Crippen molar-refractivity contribution < 1.29 is 32.6 Å². The highest BCUT2D eigenvalue weighted by Crippen LogP contribution is 1.96. The molecule has 0 amide bonds. The van der Waals surface area contributed by atoms with Crippen molar-refractivity contribution in [2.45, 2.75) is 12.8 Å². The van der Waals surface area contributed by atoms with E-state index in [0.717, 1.165) is 0 Å². The average Bonchev–Trinajstić information content (AvgIpc) is 2.27. The van der Waals surface area contributed by atoms with Gasteiger partial charge in [-0.2, -0.15) is 0 Å². The Bertz CT molecular complexity index is 365. The van der Waals surface area contributed by atoms with Crippen molar-refractivity contribution in [2.75, 3.05) is 32.6 Å². The fourth-order valence-corrected chi connectivity index (χ4v) is 2.07. The molecule has 0 bridgehead atoms. The Labute approximate surface area is 105 Å². The number of nitrogens with one attached hydrogen (secondary N) is 1. The molecule has 2 N–H and O–H groups in total. The van der Waals surface area contributed by atoms with Gasteiger partial charge >= 0.3 is 11.9 Å². The van der Waals surface area contributed by atoms with Crippen LogP contribution >= 0.6 is 0 Å². The third-order valence-electron chi connectivity index (χ3n) is 1.82. The summed E-state index contributed by atoms with van der Waals surface area (Å²) in [7, 11) is -2.24. The molecule has 0 heterocycles. The molecule has 0 unspecified atom stereocenters. The van der Waals surface area contributed by atoms with Gasteiger partial charge in [0, 0.05) is 13.0 Å². The first-order valence-corrected chi connectivity index (χ1v) is 6.86. The molecule has 0 atom stereocenters. The van der Waals surface area contributed by atoms with E-state index in [1.54, 1.807) is 0 Å². The molecule has 0 aromatic carbocycles. The Morgan fingerprint density at radius 3 is 2.56 bits per heavy atom. The maximum atomic E-state index is 11.4. The van der Waals surface area contributed by atoms with Crippen LogP contribution in [0.2, 0.25) is 0 Å². The summed E-state index contributed by atoms with van der Waals surface area (Å²) < 4.78 is 34.0. The number of aliphatic carboxylic acids is 1. The molecule has 0 aromatic heterocycles. The second kappa shape index (κ2) is 8.84. The summed E-state index contributed by atoms with van der Waals surface area (Å²) in [5, 5.41) is 8.26. The van der Waals surface area contributed by atoms with Gasteiger partial charge in [-0.25, -0.2) is 17.9 Å². The summed E-state index contributed by atoms with van der Waals surface area (Å²) in [6, 6.07) is 0. The summed E-state index contributed by atoms with van der Waals surface area (Å²) in [5.74, 6) is -1.77. The van der Waals surface area contributed by atoms with E-state index >= 15 is 0 Å². The van der Waals surface area contributed by atoms with Crippen molar-refractivity contribution in [3.05, 3.63) is 0 Å². The molecule has 0 rings (SSSR count). The normalized spacial score (nSPS) is 11.2. The van der Waals surface area contributed by atoms with Gasteiger partial charge in [-0.15, -0.1) is 0 Å². The number of hydrogen-bond donors (Lipinski definition) is 2. The van der Waals surface area contributed by atoms with E-state index in [-0.39, 0.29) is 31.7 Å². The molecule has 0 aliphatic heterocycles. The molecule has 0 saturated heterocycles. The zero-order valence-electron chi connectivity index (χ0n) is 10.0. The van der Waals surface area contributed by atoms with Gasteiger partial charge in [0.15, 0.2) is 0 Å². The molecular weight excluding hydrogens is 266 g/mol. The molecule has 8 nitrogen and oxygen atoms in total. The van der Waals surface area contributed by atoms with E-state index in [9.17, 15) is 18.0 Å². The predicted molar refractivity (Wildman–Crippen MR) is 61.5 cm³/mol. The maximum absolute atomic E-state index is 11.4. The van der Waals surface area contributed by atoms with Gasteiger partial charge in [0.1, 0.15) is 6.61 Å². The topological polar surface area (TPSA) is 119 Å². The smallest absolute Gasteiger partial charge is 0.329 e. The summed E-state index contributed by atoms with van der Waals surface area (Å²) in [6.45, 7) is -0.500. The van der Waals surface area contributed by atoms with E-state index in [1.807, 2.05) is 0 Å². The van der Waals surface area contributed by atoms with Crippen molar-refractivity contribution in [3.63, 3.8) is 0 Å². The first-order valence-electron chi connectivity index (χ1n) is 5.21. The van der Waals surface area contributed by atoms with Gasteiger partial charge in [0.05, 0.1) is 19.5 Å². The standard InChI is InChI=1S/C9H17NO7S/c1-16-9(13)3-2-6-18(14,15)10-4-5-17-7-8(11)12/h10H,2-7H2,1H3,(H,11,12). The Morgan fingerprint density at radius 1 is 1.33 bits per heavy atom.